The third kappa shape index (κ3) is 6.33. The van der Waals surface area contributed by atoms with Crippen LogP contribution in [0.3, 0.4) is 0 Å². The van der Waals surface area contributed by atoms with Crippen molar-refractivity contribution < 1.29 is 0 Å². The molecule has 3 rings (SSSR count). The Hall–Kier alpha value is -2.82. The summed E-state index contributed by atoms with van der Waals surface area (Å²) in [7, 11) is 0. The maximum absolute atomic E-state index is 2.57. The first kappa shape index (κ1) is 22.9. The summed E-state index contributed by atoms with van der Waals surface area (Å²) in [4.78, 5) is 0. The van der Waals surface area contributed by atoms with Crippen molar-refractivity contribution in [3.05, 3.63) is 127 Å². The number of allylic oxidation sites excluding steroid dienone is 6. The second kappa shape index (κ2) is 12.8. The lowest BCUT2D eigenvalue weighted by Gasteiger charge is -2.28. The van der Waals surface area contributed by atoms with Crippen molar-refractivity contribution in [2.24, 2.45) is 0 Å². The van der Waals surface area contributed by atoms with Crippen molar-refractivity contribution in [1.29, 1.82) is 0 Å². The number of rotatable bonds is 10. The van der Waals surface area contributed by atoms with Crippen LogP contribution in [0, 0.1) is 0 Å². The Morgan fingerprint density at radius 3 is 1.23 bits per heavy atom. The fraction of sp³-hybridized carbons (Fsp3) is 0.167. The van der Waals surface area contributed by atoms with Gasteiger partial charge in [0.1, 0.15) is 0 Å². The number of hydrogen-bond donors (Lipinski definition) is 0. The van der Waals surface area contributed by atoms with Crippen LogP contribution in [-0.2, 0) is 0 Å². The number of hydrogen-bond acceptors (Lipinski definition) is 0. The quantitative estimate of drug-likeness (QED) is 0.242. The van der Waals surface area contributed by atoms with Crippen molar-refractivity contribution in [3.63, 3.8) is 0 Å². The molecule has 0 atom stereocenters. The lowest BCUT2D eigenvalue weighted by atomic mass is 10.2. The number of benzene rings is 3. The third-order valence-electron chi connectivity index (χ3n) is 5.29. The van der Waals surface area contributed by atoms with E-state index < -0.39 is 6.89 Å². The second-order valence-corrected chi connectivity index (χ2v) is 10.8. The van der Waals surface area contributed by atoms with Crippen LogP contribution in [0.1, 0.15) is 32.6 Å². The van der Waals surface area contributed by atoms with Crippen LogP contribution in [0.4, 0.5) is 0 Å². The zero-order chi connectivity index (χ0) is 21.6. The van der Waals surface area contributed by atoms with E-state index in [1.165, 1.54) is 15.9 Å². The van der Waals surface area contributed by atoms with Crippen LogP contribution in [0.2, 0.25) is 0 Å². The van der Waals surface area contributed by atoms with Gasteiger partial charge >= 0.3 is 0 Å². The van der Waals surface area contributed by atoms with E-state index in [1.807, 2.05) is 0 Å². The molecule has 0 N–H and O–H groups in total. The van der Waals surface area contributed by atoms with Gasteiger partial charge in [0.25, 0.3) is 0 Å². The predicted octanol–water partition coefficient (Wildman–Crippen LogP) is 7.03. The molecule has 0 saturated carbocycles. The van der Waals surface area contributed by atoms with E-state index in [0.29, 0.717) is 0 Å². The van der Waals surface area contributed by atoms with Gasteiger partial charge in [-0.2, -0.15) is 0 Å². The maximum Gasteiger partial charge on any atom is -0.0156 e. The average Bonchev–Trinajstić information content (AvgIpc) is 2.84. The molecule has 0 saturated heterocycles. The molecule has 0 aliphatic heterocycles. The molecular weight excluding hydrogens is 391 g/mol. The largest absolute Gasteiger partial charge is 0.0885 e. The molecule has 0 unspecified atom stereocenters. The van der Waals surface area contributed by atoms with Gasteiger partial charge in [0.2, 0.25) is 0 Å². The third-order valence-corrected chi connectivity index (χ3v) is 9.38. The van der Waals surface area contributed by atoms with E-state index in [4.69, 9.17) is 0 Å². The summed E-state index contributed by atoms with van der Waals surface area (Å²) in [5, 5.41) is 4.22. The molecule has 0 aromatic heterocycles. The molecule has 0 aliphatic rings. The van der Waals surface area contributed by atoms with Gasteiger partial charge in [-0.15, -0.1) is 0 Å². The molecule has 0 fully saturated rings. The van der Waals surface area contributed by atoms with E-state index in [0.717, 1.165) is 25.7 Å². The molecule has 0 heterocycles. The summed E-state index contributed by atoms with van der Waals surface area (Å²) in [6.07, 6.45) is 17.6. The highest BCUT2D eigenvalue weighted by molar-refractivity contribution is 7.94. The first-order chi connectivity index (χ1) is 15.4. The standard InChI is InChI=1S/C30H33P/c1-2-3-4-5-6-7-8-9-10-20-27-31(28-21-14-11-15-22-28,29-23-16-12-17-24-29)30-25-18-13-19-26-30/h3-4,6-7,9-19,21-27H,2,5,8,20H2,1H3/b4-3-,7-6-,10-9-. The molecule has 0 aliphatic carbocycles. The van der Waals surface area contributed by atoms with Crippen LogP contribution in [-0.4, -0.2) is 5.80 Å². The predicted molar refractivity (Wildman–Crippen MR) is 143 cm³/mol. The Morgan fingerprint density at radius 1 is 0.484 bits per heavy atom. The average molecular weight is 425 g/mol. The smallest absolute Gasteiger partial charge is 0.0156 e. The van der Waals surface area contributed by atoms with Gasteiger partial charge < -0.3 is 0 Å². The van der Waals surface area contributed by atoms with Crippen LogP contribution in [0.15, 0.2) is 127 Å². The van der Waals surface area contributed by atoms with Crippen molar-refractivity contribution in [2.75, 3.05) is 0 Å². The molecule has 158 valence electrons. The zero-order valence-electron chi connectivity index (χ0n) is 18.5. The molecule has 1 heteroatoms. The van der Waals surface area contributed by atoms with E-state index in [9.17, 15) is 0 Å². The molecule has 0 nitrogen and oxygen atoms in total. The molecule has 0 bridgehead atoms. The molecule has 0 radical (unpaired) electrons. The first-order valence-electron chi connectivity index (χ1n) is 11.2. The minimum absolute atomic E-state index is 0.954. The summed E-state index contributed by atoms with van der Waals surface area (Å²) in [6, 6.07) is 33.1. The summed E-state index contributed by atoms with van der Waals surface area (Å²) in [5.74, 6) is 2.57. The fourth-order valence-corrected chi connectivity index (χ4v) is 7.67. The molecular formula is C30H33P. The van der Waals surface area contributed by atoms with Gasteiger partial charge in [0.05, 0.1) is 0 Å². The topological polar surface area (TPSA) is 0 Å². The highest BCUT2D eigenvalue weighted by atomic mass is 31.2. The van der Waals surface area contributed by atoms with Gasteiger partial charge in [-0.1, -0.05) is 140 Å². The van der Waals surface area contributed by atoms with E-state index in [-0.39, 0.29) is 0 Å². The van der Waals surface area contributed by atoms with E-state index in [1.54, 1.807) is 0 Å². The summed E-state index contributed by atoms with van der Waals surface area (Å²) in [6.45, 7) is 0.338. The first-order valence-corrected chi connectivity index (χ1v) is 13.1. The normalized spacial score (nSPS) is 12.2. The molecule has 3 aromatic rings. The van der Waals surface area contributed by atoms with Crippen LogP contribution in [0.5, 0.6) is 0 Å². The van der Waals surface area contributed by atoms with Gasteiger partial charge in [0, 0.05) is 0 Å². The molecule has 3 aromatic carbocycles. The van der Waals surface area contributed by atoms with E-state index in [2.05, 4.69) is 140 Å². The zero-order valence-corrected chi connectivity index (χ0v) is 19.4. The minimum atomic E-state index is -1.83. The van der Waals surface area contributed by atoms with Gasteiger partial charge in [-0.05, 0) is 48.5 Å². The van der Waals surface area contributed by atoms with Crippen LogP contribution >= 0.6 is 6.89 Å². The Kier molecular flexibility index (Phi) is 9.42. The molecule has 31 heavy (non-hydrogen) atoms. The summed E-state index contributed by atoms with van der Waals surface area (Å²) < 4.78 is 0. The van der Waals surface area contributed by atoms with Crippen molar-refractivity contribution >= 4 is 28.6 Å². The Morgan fingerprint density at radius 2 is 0.839 bits per heavy atom. The second-order valence-electron chi connectivity index (χ2n) is 7.44. The maximum atomic E-state index is 2.57. The van der Waals surface area contributed by atoms with Crippen molar-refractivity contribution in [2.45, 2.75) is 32.6 Å². The minimum Gasteiger partial charge on any atom is -0.0885 e. The highest BCUT2D eigenvalue weighted by Gasteiger charge is 2.23. The van der Waals surface area contributed by atoms with Gasteiger partial charge in [-0.25, -0.2) is 0 Å². The Balaban J connectivity index is 1.93. The fourth-order valence-electron chi connectivity index (χ4n) is 3.78. The Bertz CT molecular complexity index is 922. The summed E-state index contributed by atoms with van der Waals surface area (Å²) >= 11 is 0. The van der Waals surface area contributed by atoms with Crippen LogP contribution < -0.4 is 15.9 Å². The van der Waals surface area contributed by atoms with Crippen LogP contribution in [0.25, 0.3) is 0 Å². The van der Waals surface area contributed by atoms with E-state index >= 15 is 0 Å². The monoisotopic (exact) mass is 424 g/mol. The Labute approximate surface area is 188 Å². The van der Waals surface area contributed by atoms with Crippen molar-refractivity contribution in [3.8, 4) is 0 Å². The SMILES string of the molecule is CC/C=C\C/C=C\C/C=C\CC=P(c1ccccc1)(c1ccccc1)c1ccccc1. The summed E-state index contributed by atoms with van der Waals surface area (Å²) in [5.41, 5.74) is 0. The lowest BCUT2D eigenvalue weighted by molar-refractivity contribution is 1.19. The molecule has 0 amide bonds. The highest BCUT2D eigenvalue weighted by Crippen LogP contribution is 2.43. The molecule has 0 spiro atoms. The lowest BCUT2D eigenvalue weighted by Crippen LogP contribution is -2.26. The van der Waals surface area contributed by atoms with Gasteiger partial charge in [0.15, 0.2) is 0 Å². The van der Waals surface area contributed by atoms with Crippen molar-refractivity contribution in [1.82, 2.24) is 0 Å². The van der Waals surface area contributed by atoms with Gasteiger partial charge in [-0.3, -0.25) is 0 Å².